The third-order valence-corrected chi connectivity index (χ3v) is 5.38. The second-order valence-corrected chi connectivity index (χ2v) is 8.12. The van der Waals surface area contributed by atoms with Crippen LogP contribution in [0.1, 0.15) is 57.6 Å². The quantitative estimate of drug-likeness (QED) is 0.792. The van der Waals surface area contributed by atoms with Crippen LogP contribution in [0.5, 0.6) is 5.75 Å². The number of fused-ring (bicyclic) bond motifs is 1. The van der Waals surface area contributed by atoms with Crippen LogP contribution in [0.2, 0.25) is 0 Å². The maximum Gasteiger partial charge on any atom is 0.126 e. The fraction of sp³-hybridized carbons (Fsp3) is 0.647. The molecule has 2 aliphatic rings. The summed E-state index contributed by atoms with van der Waals surface area (Å²) in [5.74, 6) is 1.06. The number of benzene rings is 1. The van der Waals surface area contributed by atoms with Crippen LogP contribution in [0, 0.1) is 5.41 Å². The summed E-state index contributed by atoms with van der Waals surface area (Å²) in [6, 6.07) is 6.82. The number of hydrogen-bond acceptors (Lipinski definition) is 2. The molecule has 1 heterocycles. The summed E-state index contributed by atoms with van der Waals surface area (Å²) in [5, 5.41) is 3.48. The van der Waals surface area contributed by atoms with Gasteiger partial charge in [-0.15, -0.1) is 0 Å². The van der Waals surface area contributed by atoms with E-state index in [0.717, 1.165) is 23.1 Å². The molecule has 0 saturated heterocycles. The zero-order valence-electron chi connectivity index (χ0n) is 12.6. The van der Waals surface area contributed by atoms with E-state index >= 15 is 0 Å². The van der Waals surface area contributed by atoms with Crippen LogP contribution in [0.3, 0.4) is 0 Å². The van der Waals surface area contributed by atoms with Crippen molar-refractivity contribution in [3.05, 3.63) is 28.2 Å². The van der Waals surface area contributed by atoms with Gasteiger partial charge in [-0.2, -0.15) is 0 Å². The van der Waals surface area contributed by atoms with Gasteiger partial charge in [0.2, 0.25) is 0 Å². The Bertz CT molecular complexity index is 514. The van der Waals surface area contributed by atoms with Crippen LogP contribution in [0.15, 0.2) is 22.7 Å². The largest absolute Gasteiger partial charge is 0.487 e. The fourth-order valence-corrected chi connectivity index (χ4v) is 4.44. The Kier molecular flexibility index (Phi) is 3.62. The fourth-order valence-electron chi connectivity index (χ4n) is 4.10. The first-order valence-corrected chi connectivity index (χ1v) is 8.38. The van der Waals surface area contributed by atoms with E-state index in [4.69, 9.17) is 4.74 Å². The van der Waals surface area contributed by atoms with Gasteiger partial charge in [0, 0.05) is 22.5 Å². The maximum absolute atomic E-state index is 6.54. The Morgan fingerprint density at radius 3 is 2.80 bits per heavy atom. The van der Waals surface area contributed by atoms with E-state index in [2.05, 4.69) is 60.3 Å². The van der Waals surface area contributed by atoms with Crippen molar-refractivity contribution < 1.29 is 4.74 Å². The lowest BCUT2D eigenvalue weighted by molar-refractivity contribution is -0.0413. The molecule has 0 amide bonds. The van der Waals surface area contributed by atoms with Crippen molar-refractivity contribution in [1.82, 2.24) is 5.32 Å². The molecule has 0 aromatic heterocycles. The Morgan fingerprint density at radius 1 is 1.30 bits per heavy atom. The van der Waals surface area contributed by atoms with Crippen LogP contribution in [0.4, 0.5) is 0 Å². The van der Waals surface area contributed by atoms with E-state index in [0.29, 0.717) is 11.5 Å². The van der Waals surface area contributed by atoms with E-state index in [1.54, 1.807) is 0 Å². The molecular formula is C17H24BrNO. The predicted molar refractivity (Wildman–Crippen MR) is 86.2 cm³/mol. The van der Waals surface area contributed by atoms with Gasteiger partial charge in [0.15, 0.2) is 0 Å². The lowest BCUT2D eigenvalue weighted by Crippen LogP contribution is -2.48. The molecule has 1 saturated carbocycles. The zero-order valence-corrected chi connectivity index (χ0v) is 14.2. The molecule has 1 N–H and O–H groups in total. The molecule has 1 fully saturated rings. The Hall–Kier alpha value is -0.540. The molecule has 1 aliphatic carbocycles. The van der Waals surface area contributed by atoms with Gasteiger partial charge in [-0.1, -0.05) is 35.8 Å². The summed E-state index contributed by atoms with van der Waals surface area (Å²) < 4.78 is 7.63. The van der Waals surface area contributed by atoms with Gasteiger partial charge in [-0.25, -0.2) is 0 Å². The number of ether oxygens (including phenoxy) is 1. The highest BCUT2D eigenvalue weighted by atomic mass is 79.9. The molecule has 3 rings (SSSR count). The second kappa shape index (κ2) is 5.03. The first kappa shape index (κ1) is 14.4. The van der Waals surface area contributed by atoms with Crippen LogP contribution in [-0.4, -0.2) is 12.6 Å². The van der Waals surface area contributed by atoms with Crippen LogP contribution in [-0.2, 0) is 0 Å². The highest BCUT2D eigenvalue weighted by Crippen LogP contribution is 2.51. The molecule has 2 nitrogen and oxygen atoms in total. The monoisotopic (exact) mass is 337 g/mol. The molecule has 3 heteroatoms. The summed E-state index contributed by atoms with van der Waals surface area (Å²) in [4.78, 5) is 0. The molecule has 1 aliphatic heterocycles. The van der Waals surface area contributed by atoms with Crippen molar-refractivity contribution in [3.63, 3.8) is 0 Å². The normalized spacial score (nSPS) is 31.7. The average molecular weight is 338 g/mol. The number of halogens is 1. The first-order chi connectivity index (χ1) is 9.43. The first-order valence-electron chi connectivity index (χ1n) is 7.59. The standard InChI is InChI=1S/C17H24BrNO/c1-16(2)7-4-8-17(11-16)10-14(19-3)13-6-5-12(18)9-15(13)20-17/h5-6,9,14,19H,4,7-8,10-11H2,1-3H3. The van der Waals surface area contributed by atoms with Gasteiger partial charge in [0.25, 0.3) is 0 Å². The topological polar surface area (TPSA) is 21.3 Å². The third kappa shape index (κ3) is 2.62. The average Bonchev–Trinajstić information content (AvgIpc) is 2.35. The molecule has 2 atom stereocenters. The van der Waals surface area contributed by atoms with E-state index < -0.39 is 0 Å². The van der Waals surface area contributed by atoms with Crippen molar-refractivity contribution in [1.29, 1.82) is 0 Å². The van der Waals surface area contributed by atoms with Crippen LogP contribution in [0.25, 0.3) is 0 Å². The number of nitrogens with one attached hydrogen (secondary N) is 1. The van der Waals surface area contributed by atoms with Crippen molar-refractivity contribution in [2.45, 2.75) is 57.6 Å². The molecular weight excluding hydrogens is 314 g/mol. The molecule has 110 valence electrons. The molecule has 1 aromatic carbocycles. The zero-order chi connectivity index (χ0) is 14.4. The molecule has 20 heavy (non-hydrogen) atoms. The minimum atomic E-state index is 0.0171. The van der Waals surface area contributed by atoms with Gasteiger partial charge in [-0.3, -0.25) is 0 Å². The Balaban J connectivity index is 1.97. The van der Waals surface area contributed by atoms with Crippen molar-refractivity contribution in [3.8, 4) is 5.75 Å². The molecule has 1 aromatic rings. The Labute approximate surface area is 130 Å². The lowest BCUT2D eigenvalue weighted by atomic mass is 9.66. The lowest BCUT2D eigenvalue weighted by Gasteiger charge is -2.49. The van der Waals surface area contributed by atoms with Crippen LogP contribution >= 0.6 is 15.9 Å². The van der Waals surface area contributed by atoms with Gasteiger partial charge in [0.1, 0.15) is 11.4 Å². The van der Waals surface area contributed by atoms with Crippen LogP contribution < -0.4 is 10.1 Å². The molecule has 2 unspecified atom stereocenters. The SMILES string of the molecule is CNC1CC2(CCCC(C)(C)C2)Oc2cc(Br)ccc21. The third-order valence-electron chi connectivity index (χ3n) is 4.89. The van der Waals surface area contributed by atoms with Gasteiger partial charge in [-0.05, 0) is 50.3 Å². The highest BCUT2D eigenvalue weighted by molar-refractivity contribution is 9.10. The summed E-state index contributed by atoms with van der Waals surface area (Å²) in [6.07, 6.45) is 6.01. The van der Waals surface area contributed by atoms with Crippen molar-refractivity contribution >= 4 is 15.9 Å². The second-order valence-electron chi connectivity index (χ2n) is 7.21. The summed E-state index contributed by atoms with van der Waals surface area (Å²) >= 11 is 3.57. The molecule has 0 bridgehead atoms. The molecule has 0 radical (unpaired) electrons. The minimum absolute atomic E-state index is 0.0171. The summed E-state index contributed by atoms with van der Waals surface area (Å²) in [5.41, 5.74) is 1.70. The number of hydrogen-bond donors (Lipinski definition) is 1. The van der Waals surface area contributed by atoms with E-state index in [1.807, 2.05) is 0 Å². The minimum Gasteiger partial charge on any atom is -0.487 e. The maximum atomic E-state index is 6.54. The predicted octanol–water partition coefficient (Wildman–Crippen LogP) is 4.83. The van der Waals surface area contributed by atoms with E-state index in [-0.39, 0.29) is 5.60 Å². The van der Waals surface area contributed by atoms with Gasteiger partial charge >= 0.3 is 0 Å². The highest BCUT2D eigenvalue weighted by Gasteiger charge is 2.46. The van der Waals surface area contributed by atoms with E-state index in [9.17, 15) is 0 Å². The summed E-state index contributed by atoms with van der Waals surface area (Å²) in [7, 11) is 2.06. The van der Waals surface area contributed by atoms with Gasteiger partial charge in [0.05, 0.1) is 0 Å². The summed E-state index contributed by atoms with van der Waals surface area (Å²) in [6.45, 7) is 4.75. The number of rotatable bonds is 1. The smallest absolute Gasteiger partial charge is 0.126 e. The molecule has 1 spiro atoms. The van der Waals surface area contributed by atoms with E-state index in [1.165, 1.54) is 24.8 Å². The van der Waals surface area contributed by atoms with Gasteiger partial charge < -0.3 is 10.1 Å². The Morgan fingerprint density at radius 2 is 2.10 bits per heavy atom. The van der Waals surface area contributed by atoms with Crippen molar-refractivity contribution in [2.75, 3.05) is 7.05 Å². The van der Waals surface area contributed by atoms with Crippen molar-refractivity contribution in [2.24, 2.45) is 5.41 Å².